The summed E-state index contributed by atoms with van der Waals surface area (Å²) in [7, 11) is 0. The van der Waals surface area contributed by atoms with E-state index in [4.69, 9.17) is 10.2 Å². The molecule has 0 aliphatic heterocycles. The molecule has 1 aromatic heterocycles. The maximum absolute atomic E-state index is 11.5. The van der Waals surface area contributed by atoms with Crippen molar-refractivity contribution in [1.82, 2.24) is 10.3 Å². The highest BCUT2D eigenvalue weighted by atomic mass is 32.1. The van der Waals surface area contributed by atoms with E-state index in [0.29, 0.717) is 5.69 Å². The van der Waals surface area contributed by atoms with Crippen molar-refractivity contribution in [3.05, 3.63) is 16.1 Å². The first-order valence-corrected chi connectivity index (χ1v) is 5.91. The Hall–Kier alpha value is -1.96. The molecule has 98 valence electrons. The molecule has 1 amide bonds. The Bertz CT molecular complexity index is 471. The number of rotatable bonds is 6. The van der Waals surface area contributed by atoms with Gasteiger partial charge in [-0.15, -0.1) is 11.3 Å². The second-order valence-electron chi connectivity index (χ2n) is 3.59. The number of aromatic nitrogens is 1. The molecule has 0 spiro atoms. The fraction of sp³-hybridized carbons (Fsp3) is 0.400. The summed E-state index contributed by atoms with van der Waals surface area (Å²) in [6.45, 7) is 1.79. The lowest BCUT2D eigenvalue weighted by Crippen LogP contribution is -2.42. The summed E-state index contributed by atoms with van der Waals surface area (Å²) >= 11 is 1.38. The molecule has 1 aromatic rings. The molecule has 18 heavy (non-hydrogen) atoms. The van der Waals surface area contributed by atoms with E-state index in [1.54, 1.807) is 12.3 Å². The lowest BCUT2D eigenvalue weighted by atomic mass is 10.2. The van der Waals surface area contributed by atoms with Crippen molar-refractivity contribution in [3.8, 4) is 0 Å². The molecule has 0 saturated heterocycles. The minimum Gasteiger partial charge on any atom is -0.481 e. The van der Waals surface area contributed by atoms with Crippen molar-refractivity contribution in [2.75, 3.05) is 0 Å². The summed E-state index contributed by atoms with van der Waals surface area (Å²) in [5.74, 6) is -3.22. The topological polar surface area (TPSA) is 117 Å². The van der Waals surface area contributed by atoms with Gasteiger partial charge < -0.3 is 15.5 Å². The van der Waals surface area contributed by atoms with Crippen LogP contribution in [0.3, 0.4) is 0 Å². The number of aliphatic carboxylic acids is 2. The number of carbonyl (C=O) groups excluding carboxylic acids is 1. The quantitative estimate of drug-likeness (QED) is 0.673. The van der Waals surface area contributed by atoms with Crippen LogP contribution in [-0.4, -0.2) is 39.1 Å². The Labute approximate surface area is 106 Å². The second-order valence-corrected chi connectivity index (χ2v) is 4.65. The molecule has 0 aliphatic rings. The van der Waals surface area contributed by atoms with Crippen molar-refractivity contribution < 1.29 is 24.6 Å². The van der Waals surface area contributed by atoms with Crippen molar-refractivity contribution in [1.29, 1.82) is 0 Å². The van der Waals surface area contributed by atoms with Gasteiger partial charge in [0.2, 0.25) is 5.91 Å². The monoisotopic (exact) mass is 272 g/mol. The fourth-order valence-corrected chi connectivity index (χ4v) is 1.89. The molecule has 1 unspecified atom stereocenters. The van der Waals surface area contributed by atoms with Gasteiger partial charge in [0.25, 0.3) is 0 Å². The molecule has 0 aromatic carbocycles. The molecule has 1 heterocycles. The van der Waals surface area contributed by atoms with E-state index in [0.717, 1.165) is 5.01 Å². The van der Waals surface area contributed by atoms with Gasteiger partial charge in [-0.3, -0.25) is 9.59 Å². The average Bonchev–Trinajstić information content (AvgIpc) is 2.62. The largest absolute Gasteiger partial charge is 0.481 e. The van der Waals surface area contributed by atoms with E-state index >= 15 is 0 Å². The molecule has 1 atom stereocenters. The van der Waals surface area contributed by atoms with Crippen LogP contribution in [0.5, 0.6) is 0 Å². The van der Waals surface area contributed by atoms with E-state index in [2.05, 4.69) is 10.3 Å². The zero-order valence-corrected chi connectivity index (χ0v) is 10.4. The van der Waals surface area contributed by atoms with Crippen LogP contribution in [0.15, 0.2) is 5.38 Å². The maximum Gasteiger partial charge on any atom is 0.326 e. The number of nitrogens with one attached hydrogen (secondary N) is 1. The summed E-state index contributed by atoms with van der Waals surface area (Å²) in [6, 6.07) is -1.42. The smallest absolute Gasteiger partial charge is 0.326 e. The zero-order valence-electron chi connectivity index (χ0n) is 9.54. The predicted molar refractivity (Wildman–Crippen MR) is 62.4 cm³/mol. The van der Waals surface area contributed by atoms with E-state index in [9.17, 15) is 14.4 Å². The van der Waals surface area contributed by atoms with Crippen molar-refractivity contribution in [2.45, 2.75) is 25.8 Å². The normalized spacial score (nSPS) is 11.8. The molecule has 0 fully saturated rings. The van der Waals surface area contributed by atoms with Crippen LogP contribution in [-0.2, 0) is 20.8 Å². The lowest BCUT2D eigenvalue weighted by Gasteiger charge is -2.11. The Morgan fingerprint density at radius 1 is 1.44 bits per heavy atom. The Kier molecular flexibility index (Phi) is 4.78. The number of hydrogen-bond donors (Lipinski definition) is 3. The van der Waals surface area contributed by atoms with Gasteiger partial charge in [0.15, 0.2) is 0 Å². The van der Waals surface area contributed by atoms with Crippen LogP contribution in [0.25, 0.3) is 0 Å². The van der Waals surface area contributed by atoms with Crippen molar-refractivity contribution >= 4 is 29.2 Å². The van der Waals surface area contributed by atoms with Crippen LogP contribution in [0.4, 0.5) is 0 Å². The van der Waals surface area contributed by atoms with Gasteiger partial charge in [0, 0.05) is 5.38 Å². The van der Waals surface area contributed by atoms with Crippen LogP contribution < -0.4 is 5.32 Å². The van der Waals surface area contributed by atoms with E-state index in [1.807, 2.05) is 0 Å². The number of carboxylic acid groups (broad SMARTS) is 2. The lowest BCUT2D eigenvalue weighted by molar-refractivity contribution is -0.147. The third-order valence-electron chi connectivity index (χ3n) is 2.02. The van der Waals surface area contributed by atoms with Crippen LogP contribution in [0, 0.1) is 6.92 Å². The predicted octanol–water partition coefficient (Wildman–Crippen LogP) is 0.0381. The molecule has 0 radical (unpaired) electrons. The molecule has 0 saturated carbocycles. The third-order valence-corrected chi connectivity index (χ3v) is 2.84. The fourth-order valence-electron chi connectivity index (χ4n) is 1.27. The molecule has 3 N–H and O–H groups in total. The van der Waals surface area contributed by atoms with Gasteiger partial charge >= 0.3 is 11.9 Å². The van der Waals surface area contributed by atoms with E-state index in [1.165, 1.54) is 11.3 Å². The van der Waals surface area contributed by atoms with E-state index in [-0.39, 0.29) is 6.42 Å². The van der Waals surface area contributed by atoms with Gasteiger partial charge in [0.05, 0.1) is 23.5 Å². The molecule has 7 nitrogen and oxygen atoms in total. The summed E-state index contributed by atoms with van der Waals surface area (Å²) in [4.78, 5) is 36.7. The Balaban J connectivity index is 2.56. The number of hydrogen-bond acceptors (Lipinski definition) is 5. The van der Waals surface area contributed by atoms with Crippen LogP contribution in [0.2, 0.25) is 0 Å². The standard InChI is InChI=1S/C10H12N2O5S/c1-5-11-6(4-18-5)2-8(13)12-7(10(16)17)3-9(14)15/h4,7H,2-3H2,1H3,(H,12,13)(H,14,15)(H,16,17). The summed E-state index contributed by atoms with van der Waals surface area (Å²) in [5.41, 5.74) is 0.537. The SMILES string of the molecule is Cc1nc(CC(=O)NC(CC(=O)O)C(=O)O)cs1. The van der Waals surface area contributed by atoms with Crippen molar-refractivity contribution in [3.63, 3.8) is 0 Å². The minimum absolute atomic E-state index is 0.0618. The van der Waals surface area contributed by atoms with Gasteiger partial charge in [-0.05, 0) is 6.92 Å². The Morgan fingerprint density at radius 2 is 2.11 bits per heavy atom. The van der Waals surface area contributed by atoms with Crippen LogP contribution >= 0.6 is 11.3 Å². The number of aryl methyl sites for hydroxylation is 1. The number of nitrogens with zero attached hydrogens (tertiary/aromatic N) is 1. The van der Waals surface area contributed by atoms with E-state index < -0.39 is 30.3 Å². The van der Waals surface area contributed by atoms with Gasteiger partial charge in [-0.1, -0.05) is 0 Å². The molecule has 1 rings (SSSR count). The molecule has 0 aliphatic carbocycles. The number of carboxylic acids is 2. The van der Waals surface area contributed by atoms with Gasteiger partial charge in [-0.25, -0.2) is 9.78 Å². The molecular weight excluding hydrogens is 260 g/mol. The molecular formula is C10H12N2O5S. The molecule has 0 bridgehead atoms. The number of amides is 1. The highest BCUT2D eigenvalue weighted by Gasteiger charge is 2.23. The van der Waals surface area contributed by atoms with Crippen molar-refractivity contribution in [2.24, 2.45) is 0 Å². The third kappa shape index (κ3) is 4.50. The maximum atomic E-state index is 11.5. The summed E-state index contributed by atoms with van der Waals surface area (Å²) in [6.07, 6.45) is -0.717. The highest BCUT2D eigenvalue weighted by molar-refractivity contribution is 7.09. The minimum atomic E-state index is -1.42. The van der Waals surface area contributed by atoms with Gasteiger partial charge in [0.1, 0.15) is 6.04 Å². The Morgan fingerprint density at radius 3 is 2.56 bits per heavy atom. The average molecular weight is 272 g/mol. The number of carbonyl (C=O) groups is 3. The van der Waals surface area contributed by atoms with Gasteiger partial charge in [-0.2, -0.15) is 0 Å². The summed E-state index contributed by atoms with van der Waals surface area (Å²) in [5, 5.41) is 21.9. The first kappa shape index (κ1) is 14.1. The first-order valence-electron chi connectivity index (χ1n) is 5.03. The number of thiazole rings is 1. The first-order chi connectivity index (χ1) is 8.38. The summed E-state index contributed by atoms with van der Waals surface area (Å²) < 4.78 is 0. The second kappa shape index (κ2) is 6.10. The zero-order chi connectivity index (χ0) is 13.7. The molecule has 8 heteroatoms. The highest BCUT2D eigenvalue weighted by Crippen LogP contribution is 2.08. The van der Waals surface area contributed by atoms with Crippen LogP contribution in [0.1, 0.15) is 17.1 Å².